The highest BCUT2D eigenvalue weighted by Gasteiger charge is 2.26. The van der Waals surface area contributed by atoms with Gasteiger partial charge in [-0.2, -0.15) is 11.8 Å². The zero-order valence-corrected chi connectivity index (χ0v) is 17.7. The van der Waals surface area contributed by atoms with Gasteiger partial charge in [-0.25, -0.2) is 4.79 Å². The molecule has 166 valence electrons. The molecule has 0 radical (unpaired) electrons. The van der Waals surface area contributed by atoms with Crippen LogP contribution in [0.4, 0.5) is 0 Å². The molecule has 0 bridgehead atoms. The number of carbonyl (C=O) groups excluding carboxylic acids is 4. The van der Waals surface area contributed by atoms with E-state index in [0.717, 1.165) is 0 Å². The molecule has 0 aromatic rings. The number of aliphatic carboxylic acids is 1. The van der Waals surface area contributed by atoms with E-state index >= 15 is 0 Å². The Morgan fingerprint density at radius 3 is 2.14 bits per heavy atom. The summed E-state index contributed by atoms with van der Waals surface area (Å²) in [6, 6.07) is -3.21. The molecule has 12 heteroatoms. The van der Waals surface area contributed by atoms with Crippen molar-refractivity contribution in [3.8, 4) is 0 Å². The number of hydrogen-bond donors (Lipinski definition) is 6. The molecule has 0 spiro atoms. The van der Waals surface area contributed by atoms with Gasteiger partial charge in [-0.05, 0) is 30.8 Å². The van der Waals surface area contributed by atoms with Crippen LogP contribution in [-0.4, -0.2) is 71.4 Å². The SMILES string of the molecule is CSCCC(NC(=O)CNC(=O)C(CC(C)C)NC(=O)C(N)CC(N)=O)C(=O)O. The predicted molar refractivity (Wildman–Crippen MR) is 109 cm³/mol. The summed E-state index contributed by atoms with van der Waals surface area (Å²) in [6.45, 7) is 3.23. The van der Waals surface area contributed by atoms with Gasteiger partial charge in [-0.1, -0.05) is 13.8 Å². The van der Waals surface area contributed by atoms with Crippen LogP contribution in [0, 0.1) is 5.92 Å². The summed E-state index contributed by atoms with van der Waals surface area (Å²) in [4.78, 5) is 58.5. The summed E-state index contributed by atoms with van der Waals surface area (Å²) in [5.41, 5.74) is 10.6. The number of hydrogen-bond acceptors (Lipinski definition) is 7. The molecule has 0 aromatic carbocycles. The lowest BCUT2D eigenvalue weighted by Crippen LogP contribution is -2.54. The van der Waals surface area contributed by atoms with Crippen molar-refractivity contribution in [1.29, 1.82) is 0 Å². The first kappa shape index (κ1) is 26.7. The maximum Gasteiger partial charge on any atom is 0.326 e. The molecule has 0 aromatic heterocycles. The quantitative estimate of drug-likeness (QED) is 0.184. The Hall–Kier alpha value is -2.34. The first-order chi connectivity index (χ1) is 13.5. The van der Waals surface area contributed by atoms with E-state index in [1.165, 1.54) is 11.8 Å². The molecule has 0 aliphatic carbocycles. The molecule has 4 amide bonds. The standard InChI is InChI=1S/C17H31N5O6S/c1-9(2)6-12(22-15(25)10(18)7-13(19)23)16(26)20-8-14(24)21-11(17(27)28)4-5-29-3/h9-12H,4-8,18H2,1-3H3,(H2,19,23)(H,20,26)(H,21,24)(H,22,25)(H,27,28). The average molecular weight is 434 g/mol. The Labute approximate surface area is 174 Å². The van der Waals surface area contributed by atoms with Crippen LogP contribution in [0.2, 0.25) is 0 Å². The Kier molecular flexibility index (Phi) is 12.7. The van der Waals surface area contributed by atoms with E-state index in [2.05, 4.69) is 16.0 Å². The second-order valence-electron chi connectivity index (χ2n) is 6.93. The fourth-order valence-electron chi connectivity index (χ4n) is 2.32. The highest BCUT2D eigenvalue weighted by molar-refractivity contribution is 7.98. The first-order valence-corrected chi connectivity index (χ1v) is 10.5. The van der Waals surface area contributed by atoms with Gasteiger partial charge >= 0.3 is 5.97 Å². The minimum absolute atomic E-state index is 0.0372. The smallest absolute Gasteiger partial charge is 0.326 e. The number of nitrogens with one attached hydrogen (secondary N) is 3. The van der Waals surface area contributed by atoms with E-state index in [4.69, 9.17) is 16.6 Å². The summed E-state index contributed by atoms with van der Waals surface area (Å²) < 4.78 is 0. The van der Waals surface area contributed by atoms with Crippen LogP contribution < -0.4 is 27.4 Å². The summed E-state index contributed by atoms with van der Waals surface area (Å²) in [5.74, 6) is -3.31. The monoisotopic (exact) mass is 433 g/mol. The Balaban J connectivity index is 4.80. The third-order valence-corrected chi connectivity index (χ3v) is 4.41. The van der Waals surface area contributed by atoms with Crippen molar-refractivity contribution >= 4 is 41.4 Å². The zero-order valence-electron chi connectivity index (χ0n) is 16.9. The van der Waals surface area contributed by atoms with Crippen molar-refractivity contribution in [1.82, 2.24) is 16.0 Å². The van der Waals surface area contributed by atoms with Crippen molar-refractivity contribution in [2.24, 2.45) is 17.4 Å². The summed E-state index contributed by atoms with van der Waals surface area (Å²) >= 11 is 1.45. The molecule has 3 unspecified atom stereocenters. The molecule has 0 heterocycles. The minimum atomic E-state index is -1.19. The molecule has 0 aliphatic heterocycles. The lowest BCUT2D eigenvalue weighted by Gasteiger charge is -2.22. The first-order valence-electron chi connectivity index (χ1n) is 9.10. The van der Waals surface area contributed by atoms with Gasteiger partial charge in [0.1, 0.15) is 12.1 Å². The molecule has 8 N–H and O–H groups in total. The number of nitrogens with two attached hydrogens (primary N) is 2. The van der Waals surface area contributed by atoms with E-state index in [0.29, 0.717) is 5.75 Å². The fraction of sp³-hybridized carbons (Fsp3) is 0.706. The van der Waals surface area contributed by atoms with Gasteiger partial charge in [0.05, 0.1) is 19.0 Å². The van der Waals surface area contributed by atoms with Crippen LogP contribution in [-0.2, 0) is 24.0 Å². The fourth-order valence-corrected chi connectivity index (χ4v) is 2.79. The van der Waals surface area contributed by atoms with E-state index < -0.39 is 54.3 Å². The van der Waals surface area contributed by atoms with Crippen molar-refractivity contribution in [2.45, 2.75) is 51.2 Å². The van der Waals surface area contributed by atoms with Crippen LogP contribution >= 0.6 is 11.8 Å². The zero-order chi connectivity index (χ0) is 22.6. The largest absolute Gasteiger partial charge is 0.480 e. The van der Waals surface area contributed by atoms with Crippen molar-refractivity contribution in [3.63, 3.8) is 0 Å². The van der Waals surface area contributed by atoms with Crippen LogP contribution in [0.15, 0.2) is 0 Å². The molecule has 0 saturated carbocycles. The van der Waals surface area contributed by atoms with E-state index in [-0.39, 0.29) is 25.2 Å². The Morgan fingerprint density at radius 2 is 1.66 bits per heavy atom. The topological polar surface area (TPSA) is 194 Å². The summed E-state index contributed by atoms with van der Waals surface area (Å²) in [6.07, 6.45) is 1.98. The van der Waals surface area contributed by atoms with Crippen LogP contribution in [0.25, 0.3) is 0 Å². The third-order valence-electron chi connectivity index (χ3n) is 3.77. The van der Waals surface area contributed by atoms with E-state index in [9.17, 15) is 24.0 Å². The van der Waals surface area contributed by atoms with Crippen LogP contribution in [0.3, 0.4) is 0 Å². The third kappa shape index (κ3) is 12.0. The maximum atomic E-state index is 12.4. The number of rotatable bonds is 14. The Morgan fingerprint density at radius 1 is 1.03 bits per heavy atom. The van der Waals surface area contributed by atoms with Crippen LogP contribution in [0.1, 0.15) is 33.1 Å². The molecule has 11 nitrogen and oxygen atoms in total. The van der Waals surface area contributed by atoms with E-state index in [1.54, 1.807) is 0 Å². The van der Waals surface area contributed by atoms with Gasteiger partial charge in [-0.15, -0.1) is 0 Å². The number of amides is 4. The van der Waals surface area contributed by atoms with E-state index in [1.807, 2.05) is 20.1 Å². The number of carbonyl (C=O) groups is 5. The number of primary amides is 1. The number of carboxylic acid groups (broad SMARTS) is 1. The van der Waals surface area contributed by atoms with Gasteiger partial charge in [0, 0.05) is 0 Å². The van der Waals surface area contributed by atoms with Gasteiger partial charge in [0.2, 0.25) is 23.6 Å². The molecule has 29 heavy (non-hydrogen) atoms. The molecule has 0 aliphatic rings. The molecule has 0 rings (SSSR count). The van der Waals surface area contributed by atoms with Gasteiger partial charge in [0.15, 0.2) is 0 Å². The average Bonchev–Trinajstić information content (AvgIpc) is 2.61. The summed E-state index contributed by atoms with van der Waals surface area (Å²) in [5, 5.41) is 16.3. The van der Waals surface area contributed by atoms with Crippen molar-refractivity contribution in [3.05, 3.63) is 0 Å². The van der Waals surface area contributed by atoms with Gasteiger partial charge in [0.25, 0.3) is 0 Å². The minimum Gasteiger partial charge on any atom is -0.480 e. The molecule has 0 saturated heterocycles. The molecule has 3 atom stereocenters. The molecule has 0 fully saturated rings. The molecular weight excluding hydrogens is 402 g/mol. The Bertz CT molecular complexity index is 601. The number of thioether (sulfide) groups is 1. The maximum absolute atomic E-state index is 12.4. The van der Waals surface area contributed by atoms with Crippen LogP contribution in [0.5, 0.6) is 0 Å². The summed E-state index contributed by atoms with van der Waals surface area (Å²) in [7, 11) is 0. The number of carboxylic acids is 1. The van der Waals surface area contributed by atoms with Gasteiger partial charge in [-0.3, -0.25) is 19.2 Å². The highest BCUT2D eigenvalue weighted by Crippen LogP contribution is 2.06. The molecular formula is C17H31N5O6S. The second-order valence-corrected chi connectivity index (χ2v) is 7.91. The van der Waals surface area contributed by atoms with Crippen molar-refractivity contribution < 1.29 is 29.1 Å². The lowest BCUT2D eigenvalue weighted by molar-refractivity contribution is -0.141. The normalized spacial score (nSPS) is 13.8. The second kappa shape index (κ2) is 13.8. The lowest BCUT2D eigenvalue weighted by atomic mass is 10.0. The predicted octanol–water partition coefficient (Wildman–Crippen LogP) is -1.84. The highest BCUT2D eigenvalue weighted by atomic mass is 32.2. The van der Waals surface area contributed by atoms with Crippen molar-refractivity contribution in [2.75, 3.05) is 18.6 Å². The van der Waals surface area contributed by atoms with Gasteiger partial charge < -0.3 is 32.5 Å².